The fraction of sp³-hybridized carbons (Fsp3) is 0.308. The highest BCUT2D eigenvalue weighted by Gasteiger charge is 2.30. The first-order chi connectivity index (χ1) is 8.15. The van der Waals surface area contributed by atoms with Crippen molar-refractivity contribution in [1.29, 1.82) is 0 Å². The first-order valence-corrected chi connectivity index (χ1v) is 6.18. The van der Waals surface area contributed by atoms with Gasteiger partial charge in [0.25, 0.3) is 0 Å². The summed E-state index contributed by atoms with van der Waals surface area (Å²) in [6.07, 6.45) is 5.82. The number of rotatable bonds is 2. The van der Waals surface area contributed by atoms with Crippen molar-refractivity contribution in [2.75, 3.05) is 23.8 Å². The molecule has 1 amide bonds. The second-order valence-corrected chi connectivity index (χ2v) is 4.90. The highest BCUT2D eigenvalue weighted by atomic mass is 79.9. The summed E-state index contributed by atoms with van der Waals surface area (Å²) in [7, 11) is 1.84. The number of amides is 1. The van der Waals surface area contributed by atoms with E-state index >= 15 is 0 Å². The quantitative estimate of drug-likeness (QED) is 0.850. The summed E-state index contributed by atoms with van der Waals surface area (Å²) in [4.78, 5) is 13.6. The number of anilines is 2. The van der Waals surface area contributed by atoms with Gasteiger partial charge in [0, 0.05) is 30.4 Å². The SMILES string of the molecule is C#CC1CC(=O)N(c2ccc(Br)cc2NC)C1. The zero-order valence-corrected chi connectivity index (χ0v) is 11.1. The molecule has 1 N–H and O–H groups in total. The van der Waals surface area contributed by atoms with E-state index in [0.29, 0.717) is 13.0 Å². The maximum absolute atomic E-state index is 11.9. The monoisotopic (exact) mass is 292 g/mol. The lowest BCUT2D eigenvalue weighted by Gasteiger charge is -2.20. The van der Waals surface area contributed by atoms with Crippen molar-refractivity contribution in [1.82, 2.24) is 0 Å². The molecule has 4 heteroatoms. The average Bonchev–Trinajstić information content (AvgIpc) is 2.70. The molecule has 1 fully saturated rings. The molecule has 17 heavy (non-hydrogen) atoms. The van der Waals surface area contributed by atoms with Gasteiger partial charge in [-0.05, 0) is 18.2 Å². The Morgan fingerprint density at radius 3 is 2.94 bits per heavy atom. The van der Waals surface area contributed by atoms with Crippen LogP contribution in [0, 0.1) is 18.3 Å². The Kier molecular flexibility index (Phi) is 3.39. The van der Waals surface area contributed by atoms with E-state index in [1.54, 1.807) is 4.90 Å². The molecule has 1 heterocycles. The van der Waals surface area contributed by atoms with E-state index < -0.39 is 0 Å². The Bertz CT molecular complexity index is 493. The molecule has 1 atom stereocenters. The number of hydrogen-bond acceptors (Lipinski definition) is 2. The van der Waals surface area contributed by atoms with E-state index in [2.05, 4.69) is 27.2 Å². The van der Waals surface area contributed by atoms with Crippen LogP contribution in [0.1, 0.15) is 6.42 Å². The third kappa shape index (κ3) is 2.29. The van der Waals surface area contributed by atoms with Crippen LogP contribution in [0.2, 0.25) is 0 Å². The van der Waals surface area contributed by atoms with Gasteiger partial charge in [-0.1, -0.05) is 15.9 Å². The van der Waals surface area contributed by atoms with E-state index in [-0.39, 0.29) is 11.8 Å². The van der Waals surface area contributed by atoms with E-state index in [4.69, 9.17) is 6.42 Å². The number of carbonyl (C=O) groups is 1. The minimum absolute atomic E-state index is 0.0239. The van der Waals surface area contributed by atoms with Crippen molar-refractivity contribution in [2.45, 2.75) is 6.42 Å². The van der Waals surface area contributed by atoms with Crippen LogP contribution in [-0.4, -0.2) is 19.5 Å². The first-order valence-electron chi connectivity index (χ1n) is 5.39. The third-order valence-corrected chi connectivity index (χ3v) is 3.37. The molecule has 0 saturated carbocycles. The Labute approximate surface area is 109 Å². The van der Waals surface area contributed by atoms with E-state index in [0.717, 1.165) is 15.8 Å². The molecule has 0 bridgehead atoms. The van der Waals surface area contributed by atoms with Gasteiger partial charge in [-0.3, -0.25) is 4.79 Å². The van der Waals surface area contributed by atoms with Crippen molar-refractivity contribution < 1.29 is 4.79 Å². The van der Waals surface area contributed by atoms with Crippen LogP contribution >= 0.6 is 15.9 Å². The minimum atomic E-state index is 0.0239. The fourth-order valence-corrected chi connectivity index (χ4v) is 2.36. The Hall–Kier alpha value is -1.47. The van der Waals surface area contributed by atoms with Crippen LogP contribution < -0.4 is 10.2 Å². The first kappa shape index (κ1) is 12.0. The number of nitrogens with zero attached hydrogens (tertiary/aromatic N) is 1. The predicted octanol–water partition coefficient (Wildman–Crippen LogP) is 2.48. The number of hydrogen-bond donors (Lipinski definition) is 1. The normalized spacial score (nSPS) is 19.2. The van der Waals surface area contributed by atoms with Gasteiger partial charge in [0.1, 0.15) is 0 Å². The van der Waals surface area contributed by atoms with Crippen LogP contribution in [0.5, 0.6) is 0 Å². The van der Waals surface area contributed by atoms with Crippen molar-refractivity contribution in [3.63, 3.8) is 0 Å². The highest BCUT2D eigenvalue weighted by molar-refractivity contribution is 9.10. The third-order valence-electron chi connectivity index (χ3n) is 2.88. The van der Waals surface area contributed by atoms with Crippen molar-refractivity contribution in [3.05, 3.63) is 22.7 Å². The molecule has 0 spiro atoms. The number of nitrogens with one attached hydrogen (secondary N) is 1. The molecule has 0 radical (unpaired) electrons. The van der Waals surface area contributed by atoms with Gasteiger partial charge < -0.3 is 10.2 Å². The molecule has 3 nitrogen and oxygen atoms in total. The Balaban J connectivity index is 2.35. The van der Waals surface area contributed by atoms with Gasteiger partial charge in [-0.2, -0.15) is 0 Å². The van der Waals surface area contributed by atoms with Gasteiger partial charge in [0.15, 0.2) is 0 Å². The molecule has 0 aliphatic carbocycles. The van der Waals surface area contributed by atoms with Gasteiger partial charge in [0.05, 0.1) is 11.4 Å². The maximum Gasteiger partial charge on any atom is 0.228 e. The molecular formula is C13H13BrN2O. The number of carbonyl (C=O) groups excluding carboxylic acids is 1. The molecule has 1 aromatic carbocycles. The molecular weight excluding hydrogens is 280 g/mol. The molecule has 88 valence electrons. The highest BCUT2D eigenvalue weighted by Crippen LogP contribution is 2.33. The van der Waals surface area contributed by atoms with Crippen LogP contribution in [0.15, 0.2) is 22.7 Å². The lowest BCUT2D eigenvalue weighted by Crippen LogP contribution is -2.25. The van der Waals surface area contributed by atoms with Gasteiger partial charge in [0.2, 0.25) is 5.91 Å². The fourth-order valence-electron chi connectivity index (χ4n) is 2.00. The molecule has 2 rings (SSSR count). The lowest BCUT2D eigenvalue weighted by molar-refractivity contribution is -0.117. The summed E-state index contributed by atoms with van der Waals surface area (Å²) < 4.78 is 0.978. The van der Waals surface area contributed by atoms with E-state index in [1.807, 2.05) is 25.2 Å². The number of halogens is 1. The number of terminal acetylenes is 1. The standard InChI is InChI=1S/C13H13BrN2O/c1-3-9-6-13(17)16(8-9)12-5-4-10(14)7-11(12)15-2/h1,4-5,7,9,15H,6,8H2,2H3. The van der Waals surface area contributed by atoms with Crippen LogP contribution in [0.4, 0.5) is 11.4 Å². The second kappa shape index (κ2) is 4.80. The molecule has 1 saturated heterocycles. The maximum atomic E-state index is 11.9. The van der Waals surface area contributed by atoms with Gasteiger partial charge >= 0.3 is 0 Å². The molecule has 1 unspecified atom stereocenters. The topological polar surface area (TPSA) is 32.3 Å². The largest absolute Gasteiger partial charge is 0.386 e. The average molecular weight is 293 g/mol. The minimum Gasteiger partial charge on any atom is -0.386 e. The Morgan fingerprint density at radius 1 is 1.59 bits per heavy atom. The molecule has 1 aromatic rings. The van der Waals surface area contributed by atoms with Crippen molar-refractivity contribution in [3.8, 4) is 12.3 Å². The van der Waals surface area contributed by atoms with E-state index in [1.165, 1.54) is 0 Å². The zero-order chi connectivity index (χ0) is 12.4. The van der Waals surface area contributed by atoms with Crippen LogP contribution in [-0.2, 0) is 4.79 Å². The lowest BCUT2D eigenvalue weighted by atomic mass is 10.1. The summed E-state index contributed by atoms with van der Waals surface area (Å²) in [5.74, 6) is 2.76. The smallest absolute Gasteiger partial charge is 0.228 e. The summed E-state index contributed by atoms with van der Waals surface area (Å²) in [6.45, 7) is 0.603. The van der Waals surface area contributed by atoms with E-state index in [9.17, 15) is 4.79 Å². The molecule has 0 aromatic heterocycles. The van der Waals surface area contributed by atoms with Crippen molar-refractivity contribution >= 4 is 33.2 Å². The van der Waals surface area contributed by atoms with Crippen molar-refractivity contribution in [2.24, 2.45) is 5.92 Å². The number of benzene rings is 1. The summed E-state index contributed by atoms with van der Waals surface area (Å²) >= 11 is 3.41. The summed E-state index contributed by atoms with van der Waals surface area (Å²) in [5.41, 5.74) is 1.81. The molecule has 1 aliphatic rings. The summed E-state index contributed by atoms with van der Waals surface area (Å²) in [6, 6.07) is 5.80. The van der Waals surface area contributed by atoms with Crippen LogP contribution in [0.3, 0.4) is 0 Å². The van der Waals surface area contributed by atoms with Gasteiger partial charge in [-0.15, -0.1) is 12.3 Å². The Morgan fingerprint density at radius 2 is 2.35 bits per heavy atom. The predicted molar refractivity (Wildman–Crippen MR) is 73.0 cm³/mol. The zero-order valence-electron chi connectivity index (χ0n) is 9.53. The summed E-state index contributed by atoms with van der Waals surface area (Å²) in [5, 5.41) is 3.09. The van der Waals surface area contributed by atoms with Gasteiger partial charge in [-0.25, -0.2) is 0 Å². The van der Waals surface area contributed by atoms with Crippen LogP contribution in [0.25, 0.3) is 0 Å². The second-order valence-electron chi connectivity index (χ2n) is 3.98. The molecule has 1 aliphatic heterocycles.